The molecule has 0 bridgehead atoms. The van der Waals surface area contributed by atoms with E-state index in [1.165, 1.54) is 116 Å². The zero-order valence-electron chi connectivity index (χ0n) is 24.5. The third-order valence-corrected chi connectivity index (χ3v) is 22.3. The van der Waals surface area contributed by atoms with Gasteiger partial charge in [-0.25, -0.2) is 0 Å². The summed E-state index contributed by atoms with van der Waals surface area (Å²) in [5.74, 6) is 1.80. The Morgan fingerprint density at radius 3 is 1.52 bits per heavy atom. The summed E-state index contributed by atoms with van der Waals surface area (Å²) in [6.45, 7) is 0. The number of ether oxygens (including phenoxy) is 4. The molecule has 0 aromatic rings. The van der Waals surface area contributed by atoms with E-state index in [9.17, 15) is 0 Å². The van der Waals surface area contributed by atoms with Crippen molar-refractivity contribution in [2.45, 2.75) is 198 Å². The number of rotatable bonds is 0. The van der Waals surface area contributed by atoms with Gasteiger partial charge < -0.3 is 18.9 Å². The molecule has 4 aliphatic heterocycles. The molecule has 10 fully saturated rings. The van der Waals surface area contributed by atoms with Gasteiger partial charge in [-0.2, -0.15) is 0 Å². The van der Waals surface area contributed by atoms with Gasteiger partial charge in [0.25, 0.3) is 0 Å². The van der Waals surface area contributed by atoms with Crippen LogP contribution in [0.3, 0.4) is 0 Å². The molecule has 222 valence electrons. The minimum Gasteiger partial charge on any atom is -0.374 e. The molecule has 0 N–H and O–H groups in total. The summed E-state index contributed by atoms with van der Waals surface area (Å²) in [7, 11) is 0.000672. The first-order valence-corrected chi connectivity index (χ1v) is 21.1. The maximum Gasteiger partial charge on any atom is 0.0671 e. The Labute approximate surface area is 244 Å². The van der Waals surface area contributed by atoms with Crippen LogP contribution in [0.5, 0.6) is 0 Å². The smallest absolute Gasteiger partial charge is 0.0671 e. The molecular weight excluding hydrogens is 534 g/mol. The van der Waals surface area contributed by atoms with Crippen LogP contribution in [0, 0.1) is 11.8 Å². The normalized spacial score (nSPS) is 61.8. The van der Waals surface area contributed by atoms with E-state index in [1.54, 1.807) is 0 Å². The average molecular weight is 587 g/mol. The van der Waals surface area contributed by atoms with E-state index in [-0.39, 0.29) is 15.8 Å². The molecule has 10 aliphatic rings. The van der Waals surface area contributed by atoms with Crippen molar-refractivity contribution in [3.8, 4) is 0 Å². The van der Waals surface area contributed by atoms with Crippen LogP contribution < -0.4 is 0 Å². The molecule has 18 unspecified atom stereocenters. The first-order valence-electron chi connectivity index (χ1n) is 18.0. The van der Waals surface area contributed by atoms with Crippen molar-refractivity contribution in [3.63, 3.8) is 0 Å². The molecule has 0 aromatic carbocycles. The lowest BCUT2D eigenvalue weighted by atomic mass is 9.68. The Kier molecular flexibility index (Phi) is 6.56. The van der Waals surface area contributed by atoms with Crippen molar-refractivity contribution >= 4 is 15.8 Å². The summed E-state index contributed by atoms with van der Waals surface area (Å²) >= 11 is 0. The minimum atomic E-state index is -0.0215. The maximum atomic E-state index is 7.33. The van der Waals surface area contributed by atoms with Crippen molar-refractivity contribution < 1.29 is 18.9 Å². The fourth-order valence-electron chi connectivity index (χ4n) is 12.8. The van der Waals surface area contributed by atoms with E-state index < -0.39 is 0 Å². The molecule has 0 radical (unpaired) electrons. The number of hydrogen-bond acceptors (Lipinski definition) is 4. The molecule has 10 rings (SSSR count). The quantitative estimate of drug-likeness (QED) is 0.275. The summed E-state index contributed by atoms with van der Waals surface area (Å²) in [6.07, 6.45) is 29.2. The summed E-state index contributed by atoms with van der Waals surface area (Å²) in [4.78, 5) is 0. The van der Waals surface area contributed by atoms with Gasteiger partial charge in [0.1, 0.15) is 0 Å². The Balaban J connectivity index is 0.991. The highest BCUT2D eigenvalue weighted by Crippen LogP contribution is 2.73. The van der Waals surface area contributed by atoms with Gasteiger partial charge in [-0.05, 0) is 102 Å². The predicted octanol–water partition coefficient (Wildman–Crippen LogP) is 7.57. The molecule has 0 aromatic heterocycles. The van der Waals surface area contributed by atoms with Crippen molar-refractivity contribution in [3.05, 3.63) is 0 Å². The molecule has 6 saturated carbocycles. The molecule has 0 amide bonds. The largest absolute Gasteiger partial charge is 0.374 e. The lowest BCUT2D eigenvalue weighted by molar-refractivity contribution is -0.146. The highest BCUT2D eigenvalue weighted by atomic mass is 31.1. The van der Waals surface area contributed by atoms with Gasteiger partial charge in [-0.1, -0.05) is 41.5 Å². The van der Waals surface area contributed by atoms with Crippen LogP contribution >= 0.6 is 15.8 Å². The molecule has 40 heavy (non-hydrogen) atoms. The van der Waals surface area contributed by atoms with Crippen LogP contribution in [0.2, 0.25) is 0 Å². The summed E-state index contributed by atoms with van der Waals surface area (Å²) in [6, 6.07) is 0. The predicted molar refractivity (Wildman–Crippen MR) is 161 cm³/mol. The summed E-state index contributed by atoms with van der Waals surface area (Å²) < 4.78 is 28.5. The number of fused-ring (bicyclic) bond motifs is 10. The summed E-state index contributed by atoms with van der Waals surface area (Å²) in [5.41, 5.74) is 4.99. The van der Waals surface area contributed by atoms with E-state index >= 15 is 0 Å². The summed E-state index contributed by atoms with van der Waals surface area (Å²) in [5, 5.41) is 0. The molecule has 4 nitrogen and oxygen atoms in total. The molecule has 6 heteroatoms. The lowest BCUT2D eigenvalue weighted by Crippen LogP contribution is -2.65. The molecular formula is C34H52O4P2. The fraction of sp³-hybridized carbons (Fsp3) is 1.00. The average Bonchev–Trinajstić information content (AvgIpc) is 3.00. The topological polar surface area (TPSA) is 36.9 Å². The lowest BCUT2D eigenvalue weighted by Gasteiger charge is -2.66. The second kappa shape index (κ2) is 10.1. The molecule has 6 aliphatic carbocycles. The van der Waals surface area contributed by atoms with Gasteiger partial charge >= 0.3 is 0 Å². The SMILES string of the molecule is C1CCC2C(C1)OC1CCCC3OC4CC5C(CCC6OC7CCCC8OC9CCCCC9P(C87)C65)CC4P2C13. The van der Waals surface area contributed by atoms with Crippen molar-refractivity contribution in [2.24, 2.45) is 11.8 Å². The third kappa shape index (κ3) is 3.84. The Morgan fingerprint density at radius 2 is 0.850 bits per heavy atom. The van der Waals surface area contributed by atoms with Crippen LogP contribution in [0.25, 0.3) is 0 Å². The second-order valence-electron chi connectivity index (χ2n) is 15.8. The second-order valence-corrected chi connectivity index (χ2v) is 21.4. The van der Waals surface area contributed by atoms with Crippen molar-refractivity contribution in [2.75, 3.05) is 0 Å². The fourth-order valence-corrected chi connectivity index (χ4v) is 22.5. The van der Waals surface area contributed by atoms with Crippen LogP contribution in [-0.2, 0) is 18.9 Å². The van der Waals surface area contributed by atoms with E-state index in [0.29, 0.717) is 48.8 Å². The molecule has 4 saturated heterocycles. The van der Waals surface area contributed by atoms with E-state index in [1.807, 2.05) is 0 Å². The van der Waals surface area contributed by atoms with Gasteiger partial charge in [0, 0.05) is 34.0 Å². The van der Waals surface area contributed by atoms with Crippen LogP contribution in [0.15, 0.2) is 0 Å². The Morgan fingerprint density at radius 1 is 0.350 bits per heavy atom. The van der Waals surface area contributed by atoms with Crippen molar-refractivity contribution in [1.29, 1.82) is 0 Å². The third-order valence-electron chi connectivity index (χ3n) is 14.1. The van der Waals surface area contributed by atoms with Crippen molar-refractivity contribution in [1.82, 2.24) is 0 Å². The highest BCUT2D eigenvalue weighted by Gasteiger charge is 2.64. The minimum absolute atomic E-state index is 0.0215. The van der Waals surface area contributed by atoms with Gasteiger partial charge in [0.2, 0.25) is 0 Å². The zero-order chi connectivity index (χ0) is 25.9. The van der Waals surface area contributed by atoms with E-state index in [4.69, 9.17) is 18.9 Å². The highest BCUT2D eigenvalue weighted by molar-refractivity contribution is 7.60. The van der Waals surface area contributed by atoms with Gasteiger partial charge in [0.15, 0.2) is 0 Å². The van der Waals surface area contributed by atoms with Crippen LogP contribution in [-0.4, -0.2) is 82.8 Å². The van der Waals surface area contributed by atoms with Crippen LogP contribution in [0.1, 0.15) is 116 Å². The molecule has 18 atom stereocenters. The molecule has 0 spiro atoms. The first-order chi connectivity index (χ1) is 19.8. The Bertz CT molecular complexity index is 974. The first kappa shape index (κ1) is 26.0. The standard InChI is InChI=1S/C34H52O4P2/c1-3-13-29-21(7-1)35-23-9-5-10-24-33(23)39(29)31-17-19-15-16-27-32(20(19)18-28(31)38-24)40-30-14-4-2-8-22(30)36-25-11-6-12-26(37-27)34(25)40/h19-34H,1-18H2. The number of hydrogen-bond donors (Lipinski definition) is 0. The Hall–Kier alpha value is 0.700. The zero-order valence-corrected chi connectivity index (χ0v) is 26.3. The van der Waals surface area contributed by atoms with E-state index in [0.717, 1.165) is 45.8 Å². The van der Waals surface area contributed by atoms with Crippen LogP contribution in [0.4, 0.5) is 0 Å². The van der Waals surface area contributed by atoms with E-state index in [2.05, 4.69) is 0 Å². The van der Waals surface area contributed by atoms with Gasteiger partial charge in [0.05, 0.1) is 48.8 Å². The van der Waals surface area contributed by atoms with Gasteiger partial charge in [-0.15, -0.1) is 0 Å². The monoisotopic (exact) mass is 586 g/mol. The molecule has 4 heterocycles. The maximum absolute atomic E-state index is 7.33. The van der Waals surface area contributed by atoms with Gasteiger partial charge in [-0.3, -0.25) is 0 Å².